The number of halogens is 3. The lowest BCUT2D eigenvalue weighted by Crippen LogP contribution is -2.12. The van der Waals surface area contributed by atoms with Crippen LogP contribution in [0.3, 0.4) is 0 Å². The highest BCUT2D eigenvalue weighted by Gasteiger charge is 2.22. The van der Waals surface area contributed by atoms with Gasteiger partial charge in [0.15, 0.2) is 5.69 Å². The molecule has 2 rings (SSSR count). The molecule has 2 aromatic rings. The summed E-state index contributed by atoms with van der Waals surface area (Å²) in [6.07, 6.45) is 0. The summed E-state index contributed by atoms with van der Waals surface area (Å²) in [7, 11) is 1.14. The van der Waals surface area contributed by atoms with E-state index in [0.717, 1.165) is 7.11 Å². The van der Waals surface area contributed by atoms with Crippen molar-refractivity contribution in [3.8, 4) is 11.3 Å². The maximum atomic E-state index is 14.6. The van der Waals surface area contributed by atoms with E-state index in [9.17, 15) is 19.1 Å². The number of nitrogens with zero attached hydrogens (tertiary/aromatic N) is 1. The fourth-order valence-electron chi connectivity index (χ4n) is 2.12. The van der Waals surface area contributed by atoms with Gasteiger partial charge in [-0.3, -0.25) is 4.79 Å². The molecule has 0 saturated carbocycles. The van der Waals surface area contributed by atoms with Crippen LogP contribution in [0.25, 0.3) is 11.3 Å². The first-order valence-electron chi connectivity index (χ1n) is 6.94. The zero-order valence-electron chi connectivity index (χ0n) is 13.2. The van der Waals surface area contributed by atoms with Gasteiger partial charge in [0.05, 0.1) is 30.1 Å². The predicted molar refractivity (Wildman–Crippen MR) is 91.2 cm³/mol. The van der Waals surface area contributed by atoms with E-state index >= 15 is 0 Å². The SMILES string of the molecule is COC(=O)c1nc(-c2ccc(Cl)c(CO)c2F)cc(NC(C)=O)c1Cl. The second kappa shape index (κ2) is 7.77. The fraction of sp³-hybridized carbons (Fsp3) is 0.188. The third-order valence-electron chi connectivity index (χ3n) is 3.27. The summed E-state index contributed by atoms with van der Waals surface area (Å²) in [4.78, 5) is 27.3. The highest BCUT2D eigenvalue weighted by atomic mass is 35.5. The molecule has 6 nitrogen and oxygen atoms in total. The van der Waals surface area contributed by atoms with E-state index in [1.165, 1.54) is 25.1 Å². The van der Waals surface area contributed by atoms with Gasteiger partial charge in [0.25, 0.3) is 0 Å². The number of aromatic nitrogens is 1. The number of hydrogen-bond acceptors (Lipinski definition) is 5. The number of aliphatic hydroxyl groups excluding tert-OH is 1. The summed E-state index contributed by atoms with van der Waals surface area (Å²) in [6.45, 7) is 0.634. The number of carbonyl (C=O) groups excluding carboxylic acids is 2. The molecule has 0 unspecified atom stereocenters. The molecule has 1 aromatic heterocycles. The second-order valence-corrected chi connectivity index (χ2v) is 5.72. The smallest absolute Gasteiger partial charge is 0.358 e. The summed E-state index contributed by atoms with van der Waals surface area (Å²) in [6, 6.07) is 4.03. The van der Waals surface area contributed by atoms with Gasteiger partial charge in [-0.15, -0.1) is 0 Å². The molecule has 0 spiro atoms. The van der Waals surface area contributed by atoms with Crippen LogP contribution < -0.4 is 5.32 Å². The maximum absolute atomic E-state index is 14.6. The molecular formula is C16H13Cl2FN2O4. The van der Waals surface area contributed by atoms with Crippen LogP contribution >= 0.6 is 23.2 Å². The van der Waals surface area contributed by atoms with Gasteiger partial charge < -0.3 is 15.2 Å². The number of anilines is 1. The van der Waals surface area contributed by atoms with Gasteiger partial charge >= 0.3 is 5.97 Å². The number of amides is 1. The van der Waals surface area contributed by atoms with Gasteiger partial charge in [0.2, 0.25) is 5.91 Å². The lowest BCUT2D eigenvalue weighted by atomic mass is 10.1. The Hall–Kier alpha value is -2.22. The van der Waals surface area contributed by atoms with Crippen molar-refractivity contribution in [3.63, 3.8) is 0 Å². The van der Waals surface area contributed by atoms with Crippen molar-refractivity contribution < 1.29 is 23.8 Å². The molecule has 132 valence electrons. The van der Waals surface area contributed by atoms with E-state index < -0.39 is 24.3 Å². The van der Waals surface area contributed by atoms with Crippen LogP contribution in [0.1, 0.15) is 23.0 Å². The normalized spacial score (nSPS) is 10.5. The predicted octanol–water partition coefficient (Wildman–Crippen LogP) is 3.43. The molecule has 1 amide bonds. The standard InChI is InChI=1S/C16H13Cl2FN2O4/c1-7(23)20-12-5-11(21-15(13(12)18)16(24)25-2)8-3-4-10(17)9(6-22)14(8)19/h3-5,22H,6H2,1-2H3,(H,20,21,23). The van der Waals surface area contributed by atoms with Crippen LogP contribution in [0.2, 0.25) is 10.0 Å². The van der Waals surface area contributed by atoms with Crippen molar-refractivity contribution in [2.24, 2.45) is 0 Å². The van der Waals surface area contributed by atoms with Crippen LogP contribution in [0.4, 0.5) is 10.1 Å². The molecule has 0 bridgehead atoms. The highest BCUT2D eigenvalue weighted by Crippen LogP contribution is 2.34. The molecule has 9 heteroatoms. The van der Waals surface area contributed by atoms with Crippen LogP contribution in [0, 0.1) is 5.82 Å². The average molecular weight is 387 g/mol. The molecule has 1 aromatic carbocycles. The molecule has 0 aliphatic carbocycles. The number of benzene rings is 1. The number of methoxy groups -OCH3 is 1. The molecule has 0 saturated heterocycles. The van der Waals surface area contributed by atoms with Crippen LogP contribution in [0.15, 0.2) is 18.2 Å². The highest BCUT2D eigenvalue weighted by molar-refractivity contribution is 6.36. The number of hydrogen-bond donors (Lipinski definition) is 2. The van der Waals surface area contributed by atoms with E-state index in [4.69, 9.17) is 23.2 Å². The third kappa shape index (κ3) is 3.89. The number of carbonyl (C=O) groups is 2. The molecule has 0 fully saturated rings. The summed E-state index contributed by atoms with van der Waals surface area (Å²) < 4.78 is 19.2. The third-order valence-corrected chi connectivity index (χ3v) is 4.00. The number of ether oxygens (including phenoxy) is 1. The van der Waals surface area contributed by atoms with Crippen molar-refractivity contribution in [1.82, 2.24) is 4.98 Å². The molecule has 0 aliphatic rings. The second-order valence-electron chi connectivity index (χ2n) is 4.94. The number of esters is 1. The van der Waals surface area contributed by atoms with Gasteiger partial charge in [-0.05, 0) is 18.2 Å². The largest absolute Gasteiger partial charge is 0.464 e. The molecule has 1 heterocycles. The van der Waals surface area contributed by atoms with Gasteiger partial charge in [-0.25, -0.2) is 14.2 Å². The zero-order valence-corrected chi connectivity index (χ0v) is 14.7. The Morgan fingerprint density at radius 1 is 1.36 bits per heavy atom. The summed E-state index contributed by atoms with van der Waals surface area (Å²) in [5.74, 6) is -2.09. The Morgan fingerprint density at radius 2 is 2.04 bits per heavy atom. The van der Waals surface area contributed by atoms with Crippen molar-refractivity contribution in [1.29, 1.82) is 0 Å². The summed E-state index contributed by atoms with van der Waals surface area (Å²) >= 11 is 11.9. The molecule has 25 heavy (non-hydrogen) atoms. The van der Waals surface area contributed by atoms with Gasteiger partial charge in [0.1, 0.15) is 5.82 Å². The van der Waals surface area contributed by atoms with Crippen LogP contribution in [0.5, 0.6) is 0 Å². The van der Waals surface area contributed by atoms with Crippen molar-refractivity contribution in [2.75, 3.05) is 12.4 Å². The van der Waals surface area contributed by atoms with E-state index in [1.54, 1.807) is 0 Å². The van der Waals surface area contributed by atoms with Crippen molar-refractivity contribution in [2.45, 2.75) is 13.5 Å². The Morgan fingerprint density at radius 3 is 2.60 bits per heavy atom. The first kappa shape index (κ1) is 19.1. The number of nitrogens with one attached hydrogen (secondary N) is 1. The Labute approximate surface area is 152 Å². The van der Waals surface area contributed by atoms with Gasteiger partial charge in [0, 0.05) is 23.1 Å². The quantitative estimate of drug-likeness (QED) is 0.785. The topological polar surface area (TPSA) is 88.5 Å². The lowest BCUT2D eigenvalue weighted by molar-refractivity contribution is -0.114. The van der Waals surface area contributed by atoms with E-state index in [1.807, 2.05) is 0 Å². The van der Waals surface area contributed by atoms with Crippen molar-refractivity contribution in [3.05, 3.63) is 45.3 Å². The molecule has 0 radical (unpaired) electrons. The van der Waals surface area contributed by atoms with E-state index in [2.05, 4.69) is 15.0 Å². The molecule has 2 N–H and O–H groups in total. The van der Waals surface area contributed by atoms with Gasteiger partial charge in [-0.2, -0.15) is 0 Å². The van der Waals surface area contributed by atoms with E-state index in [-0.39, 0.29) is 38.2 Å². The Bertz CT molecular complexity index is 859. The summed E-state index contributed by atoms with van der Waals surface area (Å²) in [5.41, 5.74) is -0.347. The minimum absolute atomic E-state index is 0.0115. The van der Waals surface area contributed by atoms with Gasteiger partial charge in [-0.1, -0.05) is 23.2 Å². The minimum Gasteiger partial charge on any atom is -0.464 e. The Balaban J connectivity index is 2.73. The number of pyridine rings is 1. The van der Waals surface area contributed by atoms with Crippen molar-refractivity contribution >= 4 is 40.8 Å². The summed E-state index contributed by atoms with van der Waals surface area (Å²) in [5, 5.41) is 11.6. The minimum atomic E-state index is -0.852. The number of rotatable bonds is 4. The fourth-order valence-corrected chi connectivity index (χ4v) is 2.55. The first-order valence-corrected chi connectivity index (χ1v) is 7.70. The maximum Gasteiger partial charge on any atom is 0.358 e. The average Bonchev–Trinajstić information content (AvgIpc) is 2.56. The Kier molecular flexibility index (Phi) is 5.94. The first-order chi connectivity index (χ1) is 11.8. The monoisotopic (exact) mass is 386 g/mol. The van der Waals surface area contributed by atoms with E-state index in [0.29, 0.717) is 0 Å². The van der Waals surface area contributed by atoms with Crippen LogP contribution in [-0.4, -0.2) is 29.1 Å². The number of aliphatic hydroxyl groups is 1. The lowest BCUT2D eigenvalue weighted by Gasteiger charge is -2.13. The zero-order chi connectivity index (χ0) is 18.7. The van der Waals surface area contributed by atoms with Crippen LogP contribution in [-0.2, 0) is 16.1 Å². The molecule has 0 aliphatic heterocycles. The molecular weight excluding hydrogens is 374 g/mol. The molecule has 0 atom stereocenters.